The first kappa shape index (κ1) is 96.4. The average molecular weight is 1850 g/mol. The van der Waals surface area contributed by atoms with E-state index in [1.165, 1.54) is 195 Å². The van der Waals surface area contributed by atoms with Gasteiger partial charge in [-0.25, -0.2) is 0 Å². The highest BCUT2D eigenvalue weighted by Gasteiger charge is 2.44. The largest absolute Gasteiger partial charge is 0.497 e. The van der Waals surface area contributed by atoms with Gasteiger partial charge in [-0.1, -0.05) is 446 Å². The Balaban J connectivity index is 0.000000115. The van der Waals surface area contributed by atoms with E-state index in [4.69, 9.17) is 9.16 Å². The van der Waals surface area contributed by atoms with Gasteiger partial charge in [-0.3, -0.25) is 0 Å². The number of aryl methyl sites for hydroxylation is 4. The molecule has 7 aliphatic rings. The Morgan fingerprint density at radius 2 is 0.674 bits per heavy atom. The predicted octanol–water partition coefficient (Wildman–Crippen LogP) is 36.5. The van der Waals surface area contributed by atoms with E-state index in [0.717, 1.165) is 47.2 Å². The van der Waals surface area contributed by atoms with Gasteiger partial charge in [0, 0.05) is 42.4 Å². The first-order valence-corrected chi connectivity index (χ1v) is 52.7. The van der Waals surface area contributed by atoms with Crippen molar-refractivity contribution < 1.29 is 9.16 Å². The Kier molecular flexibility index (Phi) is 26.4. The van der Waals surface area contributed by atoms with E-state index in [1.807, 2.05) is 18.2 Å². The van der Waals surface area contributed by atoms with Crippen molar-refractivity contribution in [1.82, 2.24) is 0 Å². The lowest BCUT2D eigenvalue weighted by atomic mass is 9.81. The van der Waals surface area contributed by atoms with Crippen molar-refractivity contribution in [2.75, 3.05) is 7.11 Å². The monoisotopic (exact) mass is 1850 g/mol. The normalized spacial score (nSPS) is 15.2. The van der Waals surface area contributed by atoms with Gasteiger partial charge >= 0.3 is 0 Å². The second kappa shape index (κ2) is 37.0. The summed E-state index contributed by atoms with van der Waals surface area (Å²) in [5.74, 6) is 0.927. The van der Waals surface area contributed by atoms with Crippen LogP contribution in [0, 0.1) is 13.8 Å². The molecular formula is C131H139BrO2Si. The smallest absolute Gasteiger partial charge is 0.192 e. The maximum Gasteiger partial charge on any atom is 0.192 e. The molecule has 0 atom stereocenters. The third-order valence-electron chi connectivity index (χ3n) is 31.7. The molecule has 0 saturated carbocycles. The van der Waals surface area contributed by atoms with E-state index in [-0.39, 0.29) is 42.9 Å². The van der Waals surface area contributed by atoms with Gasteiger partial charge in [0.2, 0.25) is 0 Å². The van der Waals surface area contributed by atoms with Crippen LogP contribution < -0.4 is 4.74 Å². The summed E-state index contributed by atoms with van der Waals surface area (Å²) in [6, 6.07) is 111. The maximum absolute atomic E-state index is 6.42. The lowest BCUT2D eigenvalue weighted by Gasteiger charge is -2.36. The summed E-state index contributed by atoms with van der Waals surface area (Å²) >= 11 is 3.56. The van der Waals surface area contributed by atoms with Gasteiger partial charge in [-0.05, 0) is 300 Å². The van der Waals surface area contributed by atoms with Crippen LogP contribution in [0.4, 0.5) is 0 Å². The highest BCUT2D eigenvalue weighted by atomic mass is 79.9. The molecule has 0 aromatic heterocycles. The molecule has 135 heavy (non-hydrogen) atoms. The fourth-order valence-electron chi connectivity index (χ4n) is 22.5. The van der Waals surface area contributed by atoms with E-state index in [9.17, 15) is 0 Å². The lowest BCUT2D eigenvalue weighted by molar-refractivity contribution is 0.276. The molecular weight excluding hydrogens is 1710 g/mol. The van der Waals surface area contributed by atoms with Crippen LogP contribution >= 0.6 is 15.9 Å². The minimum absolute atomic E-state index is 0.0589. The van der Waals surface area contributed by atoms with Gasteiger partial charge in [0.15, 0.2) is 8.32 Å². The Hall–Kier alpha value is -11.8. The number of ether oxygens (including phenoxy) is 1. The van der Waals surface area contributed by atoms with Crippen LogP contribution in [0.5, 0.6) is 5.75 Å². The van der Waals surface area contributed by atoms with Crippen molar-refractivity contribution >= 4 is 36.4 Å². The van der Waals surface area contributed by atoms with E-state index in [2.05, 4.69) is 492 Å². The van der Waals surface area contributed by atoms with Gasteiger partial charge < -0.3 is 9.16 Å². The van der Waals surface area contributed by atoms with Crippen LogP contribution in [0.15, 0.2) is 321 Å². The van der Waals surface area contributed by atoms with Crippen molar-refractivity contribution in [3.05, 3.63) is 443 Å². The number of halogens is 1. The Bertz CT molecular complexity index is 7080. The average Bonchev–Trinajstić information content (AvgIpc) is 1.54. The quantitative estimate of drug-likeness (QED) is 0.127. The van der Waals surface area contributed by atoms with Crippen LogP contribution in [0.2, 0.25) is 18.1 Å². The summed E-state index contributed by atoms with van der Waals surface area (Å²) in [5.41, 5.74) is 53.8. The fourth-order valence-corrected chi connectivity index (χ4v) is 23.9. The molecule has 686 valence electrons. The van der Waals surface area contributed by atoms with Gasteiger partial charge in [-0.2, -0.15) is 0 Å². The summed E-state index contributed by atoms with van der Waals surface area (Å²) in [6.45, 7) is 63.7. The van der Waals surface area contributed by atoms with Crippen molar-refractivity contribution in [1.29, 1.82) is 0 Å². The molecule has 7 aliphatic carbocycles. The van der Waals surface area contributed by atoms with Crippen molar-refractivity contribution in [2.45, 2.75) is 234 Å². The van der Waals surface area contributed by atoms with Crippen LogP contribution in [0.3, 0.4) is 0 Å². The number of benzene rings is 15. The molecule has 15 aromatic carbocycles. The maximum atomic E-state index is 6.42. The number of hydrogen-bond acceptors (Lipinski definition) is 2. The molecule has 0 fully saturated rings. The van der Waals surface area contributed by atoms with Gasteiger partial charge in [0.05, 0.1) is 13.7 Å². The first-order valence-electron chi connectivity index (χ1n) is 49.0. The van der Waals surface area contributed by atoms with E-state index < -0.39 is 8.32 Å². The topological polar surface area (TPSA) is 18.5 Å². The summed E-state index contributed by atoms with van der Waals surface area (Å²) in [4.78, 5) is 0. The SMILES string of the molecule is C=Cc1cc2c(cc1C=C)C(C)(C)c1ccccc1-2.CC1(C)c2ccccc2-c2ccc(Br)cc21.CC1(C)c2ccccc2-c2ccc(CO[Si](C)(C)C(C)(C)C)cc21.CCc1cc2c(cc1C)-c1ccccc1C2(C)C.CCc1ccc2c(c1CC)-c1ccccc1C2(C)C.COc1ccc2c(c1)-c1ccccc1C2(C)C.Cc1ccc2c(c1)C(C)(C)c1cc(-c3ccccc3)ccc1-2. The fraction of sp³-hybridized carbons (Fsp3) is 0.282. The number of methoxy groups -OCH3 is 1. The van der Waals surface area contributed by atoms with Crippen molar-refractivity contribution in [2.24, 2.45) is 0 Å². The zero-order chi connectivity index (χ0) is 96.6. The summed E-state index contributed by atoms with van der Waals surface area (Å²) < 4.78 is 12.9. The second-order valence-corrected chi connectivity index (χ2v) is 49.0. The zero-order valence-electron chi connectivity index (χ0n) is 85.0. The molecule has 4 heteroatoms. The minimum atomic E-state index is -1.71. The molecule has 15 aromatic rings. The minimum Gasteiger partial charge on any atom is -0.497 e. The number of fused-ring (bicyclic) bond motifs is 21. The molecule has 0 amide bonds. The zero-order valence-corrected chi connectivity index (χ0v) is 87.5. The number of rotatable bonds is 10. The molecule has 0 bridgehead atoms. The van der Waals surface area contributed by atoms with Gasteiger partial charge in [0.25, 0.3) is 0 Å². The Labute approximate surface area is 818 Å². The summed E-state index contributed by atoms with van der Waals surface area (Å²) in [6.07, 6.45) is 7.18. The van der Waals surface area contributed by atoms with E-state index in [1.54, 1.807) is 12.7 Å². The predicted molar refractivity (Wildman–Crippen MR) is 588 cm³/mol. The van der Waals surface area contributed by atoms with Gasteiger partial charge in [0.1, 0.15) is 5.75 Å². The molecule has 0 N–H and O–H groups in total. The van der Waals surface area contributed by atoms with E-state index in [0.29, 0.717) is 0 Å². The summed E-state index contributed by atoms with van der Waals surface area (Å²) in [5, 5.41) is 0.249. The van der Waals surface area contributed by atoms with Crippen LogP contribution in [-0.2, 0) is 68.2 Å². The second-order valence-electron chi connectivity index (χ2n) is 43.3. The highest BCUT2D eigenvalue weighted by Crippen LogP contribution is 2.57. The third-order valence-corrected chi connectivity index (χ3v) is 36.6. The molecule has 0 saturated heterocycles. The van der Waals surface area contributed by atoms with E-state index >= 15 is 0 Å². The molecule has 22 rings (SSSR count). The molecule has 0 aliphatic heterocycles. The molecule has 0 radical (unpaired) electrons. The third kappa shape index (κ3) is 17.3. The molecule has 0 heterocycles. The first-order chi connectivity index (χ1) is 64.1. The van der Waals surface area contributed by atoms with Gasteiger partial charge in [-0.15, -0.1) is 0 Å². The molecule has 0 unspecified atom stereocenters. The Morgan fingerprint density at radius 3 is 1.16 bits per heavy atom. The summed E-state index contributed by atoms with van der Waals surface area (Å²) in [7, 11) is 0.00351. The van der Waals surface area contributed by atoms with Crippen LogP contribution in [0.25, 0.3) is 101 Å². The standard InChI is InChI=1S/C22H30OSi.C22H20.C19H18.C19H22.C18H20.C16H16O.C15H13Br/c1-21(2,3)24(6,7)23-15-16-12-13-18-17-10-8-9-11-19(17)22(4,5)20(18)14-16;1-15-9-11-18-19-12-10-17(16-7-5-4-6-8-16)14-21(19)22(2,3)20(18)13-15;1-5-13-11-16-15-9-7-8-10-17(15)19(3,4)18(16)12-14(13)6-2;1-5-13-11-12-17-18(14(13)6-2)15-9-7-8-10-16(15)19(17,3)4;1-5-13-11-17-15(10-12(13)2)14-8-6-7-9-16(14)18(17,3)4;1-16(2)14-7-5-4-6-12(14)13-10-11(17-3)8-9-15(13)16;1-15(2)13-6-4-3-5-11(13)12-8-7-10(16)9-14(12)15/h8-14H,15H2,1-7H3;4-14H,1-3H3;5-12H,1-2H2,3-4H3;7-12H,5-6H2,1-4H3;6-11H,5H2,1-4H3;4-10H,1-3H3;3-9H,1-2H3. The van der Waals surface area contributed by atoms with Crippen LogP contribution in [-0.4, -0.2) is 15.4 Å². The van der Waals surface area contributed by atoms with Crippen molar-refractivity contribution in [3.63, 3.8) is 0 Å². The number of hydrogen-bond donors (Lipinski definition) is 0. The molecule has 0 spiro atoms. The molecule has 2 nitrogen and oxygen atoms in total. The van der Waals surface area contributed by atoms with Crippen LogP contribution in [0.1, 0.15) is 261 Å². The Morgan fingerprint density at radius 1 is 0.311 bits per heavy atom. The highest BCUT2D eigenvalue weighted by molar-refractivity contribution is 9.10. The van der Waals surface area contributed by atoms with Crippen molar-refractivity contribution in [3.8, 4) is 94.8 Å². The lowest BCUT2D eigenvalue weighted by Crippen LogP contribution is -2.40.